The van der Waals surface area contributed by atoms with E-state index in [1.54, 1.807) is 6.20 Å². The molecule has 0 aliphatic heterocycles. The molecule has 0 radical (unpaired) electrons. The van der Waals surface area contributed by atoms with Crippen LogP contribution in [0.3, 0.4) is 0 Å². The highest BCUT2D eigenvalue weighted by Crippen LogP contribution is 2.35. The van der Waals surface area contributed by atoms with Gasteiger partial charge in [-0.15, -0.1) is 0 Å². The van der Waals surface area contributed by atoms with Crippen LogP contribution in [0.15, 0.2) is 53.1 Å². The van der Waals surface area contributed by atoms with Gasteiger partial charge in [-0.05, 0) is 18.2 Å². The largest absolute Gasteiger partial charge is 0.454 e. The standard InChI is InChI=1S/C16H9N3O/c1-2-4-11-9(3-1)10-5-6-12-14(15(10)18-11)16-13(20-12)7-8-17-19-16/h1-8,19H. The van der Waals surface area contributed by atoms with Gasteiger partial charge in [0, 0.05) is 16.8 Å². The van der Waals surface area contributed by atoms with Crippen molar-refractivity contribution in [2.45, 2.75) is 0 Å². The lowest BCUT2D eigenvalue weighted by Crippen LogP contribution is -1.78. The van der Waals surface area contributed by atoms with E-state index in [9.17, 15) is 0 Å². The maximum absolute atomic E-state index is 5.85. The fraction of sp³-hybridized carbons (Fsp3) is 0. The number of fused-ring (bicyclic) bond motifs is 7. The van der Waals surface area contributed by atoms with Gasteiger partial charge in [0.2, 0.25) is 0 Å². The SMILES string of the molecule is c1ccc2c(c1)nc1c2ccc2oc3ccn[nH]c3c21. The summed E-state index contributed by atoms with van der Waals surface area (Å²) in [5.74, 6) is 0. The van der Waals surface area contributed by atoms with Crippen LogP contribution in [0.2, 0.25) is 0 Å². The molecule has 0 atom stereocenters. The Hall–Kier alpha value is -2.88. The Balaban J connectivity index is 2.14. The van der Waals surface area contributed by atoms with Crippen molar-refractivity contribution in [1.29, 1.82) is 0 Å². The Morgan fingerprint density at radius 3 is 2.85 bits per heavy atom. The van der Waals surface area contributed by atoms with Crippen LogP contribution in [0, 0.1) is 0 Å². The van der Waals surface area contributed by atoms with Crippen molar-refractivity contribution in [2.75, 3.05) is 0 Å². The third-order valence-electron chi connectivity index (χ3n) is 3.76. The van der Waals surface area contributed by atoms with E-state index in [0.717, 1.165) is 38.5 Å². The molecule has 0 saturated carbocycles. The molecule has 0 spiro atoms. The van der Waals surface area contributed by atoms with Crippen LogP contribution < -0.4 is 0 Å². The molecular formula is C16H9N3O. The number of hydrogen-bond acceptors (Lipinski definition) is 3. The van der Waals surface area contributed by atoms with Gasteiger partial charge in [0.05, 0.1) is 22.6 Å². The first kappa shape index (κ1) is 9.97. The van der Waals surface area contributed by atoms with E-state index in [4.69, 9.17) is 9.40 Å². The zero-order chi connectivity index (χ0) is 13.1. The summed E-state index contributed by atoms with van der Waals surface area (Å²) < 4.78 is 5.85. The number of para-hydroxylation sites is 1. The molecule has 3 heterocycles. The molecule has 0 unspecified atom stereocenters. The van der Waals surface area contributed by atoms with Crippen LogP contribution in [-0.4, -0.2) is 15.2 Å². The molecule has 2 aromatic carbocycles. The number of nitrogens with one attached hydrogen (secondary N) is 1. The smallest absolute Gasteiger partial charge is 0.154 e. The van der Waals surface area contributed by atoms with Gasteiger partial charge in [-0.2, -0.15) is 5.10 Å². The molecule has 0 aliphatic rings. The van der Waals surface area contributed by atoms with Crippen LogP contribution in [0.4, 0.5) is 0 Å². The van der Waals surface area contributed by atoms with Crippen LogP contribution in [-0.2, 0) is 0 Å². The highest BCUT2D eigenvalue weighted by Gasteiger charge is 2.14. The molecule has 4 heteroatoms. The molecule has 1 N–H and O–H groups in total. The highest BCUT2D eigenvalue weighted by atomic mass is 16.3. The maximum Gasteiger partial charge on any atom is 0.154 e. The molecule has 3 aromatic heterocycles. The molecule has 0 aliphatic carbocycles. The van der Waals surface area contributed by atoms with Crippen LogP contribution in [0.25, 0.3) is 43.9 Å². The summed E-state index contributed by atoms with van der Waals surface area (Å²) >= 11 is 0. The zero-order valence-electron chi connectivity index (χ0n) is 10.4. The number of furan rings is 1. The Morgan fingerprint density at radius 2 is 1.85 bits per heavy atom. The van der Waals surface area contributed by atoms with Gasteiger partial charge in [0.25, 0.3) is 0 Å². The molecule has 0 fully saturated rings. The van der Waals surface area contributed by atoms with Crippen molar-refractivity contribution < 1.29 is 4.42 Å². The Kier molecular flexibility index (Phi) is 1.68. The number of H-pyrrole nitrogens is 1. The predicted molar refractivity (Wildman–Crippen MR) is 78.7 cm³/mol. The molecule has 0 saturated heterocycles. The van der Waals surface area contributed by atoms with Crippen molar-refractivity contribution in [3.05, 3.63) is 48.7 Å². The van der Waals surface area contributed by atoms with E-state index < -0.39 is 0 Å². The average Bonchev–Trinajstić information content (AvgIpc) is 3.04. The van der Waals surface area contributed by atoms with Crippen molar-refractivity contribution in [2.24, 2.45) is 0 Å². The molecule has 4 nitrogen and oxygen atoms in total. The van der Waals surface area contributed by atoms with Gasteiger partial charge in [0.1, 0.15) is 11.1 Å². The van der Waals surface area contributed by atoms with E-state index >= 15 is 0 Å². The summed E-state index contributed by atoms with van der Waals surface area (Å²) in [7, 11) is 0. The normalized spacial score (nSPS) is 12.0. The third kappa shape index (κ3) is 1.11. The summed E-state index contributed by atoms with van der Waals surface area (Å²) in [4.78, 5) is 4.76. The minimum atomic E-state index is 0.801. The van der Waals surface area contributed by atoms with Gasteiger partial charge < -0.3 is 4.42 Å². The van der Waals surface area contributed by atoms with E-state index in [1.165, 1.54) is 5.39 Å². The quantitative estimate of drug-likeness (QED) is 0.457. The lowest BCUT2D eigenvalue weighted by Gasteiger charge is -1.92. The highest BCUT2D eigenvalue weighted by molar-refractivity contribution is 6.22. The molecule has 20 heavy (non-hydrogen) atoms. The lowest BCUT2D eigenvalue weighted by molar-refractivity contribution is 0.667. The van der Waals surface area contributed by atoms with Crippen molar-refractivity contribution in [3.63, 3.8) is 0 Å². The number of nitrogens with zero attached hydrogens (tertiary/aromatic N) is 2. The second-order valence-corrected chi connectivity index (χ2v) is 4.86. The lowest BCUT2D eigenvalue weighted by atomic mass is 10.1. The number of aromatic amines is 1. The summed E-state index contributed by atoms with van der Waals surface area (Å²) in [6.07, 6.45) is 1.69. The summed E-state index contributed by atoms with van der Waals surface area (Å²) in [5, 5.41) is 10.4. The minimum Gasteiger partial charge on any atom is -0.454 e. The van der Waals surface area contributed by atoms with Crippen LogP contribution >= 0.6 is 0 Å². The van der Waals surface area contributed by atoms with Gasteiger partial charge in [-0.1, -0.05) is 18.2 Å². The van der Waals surface area contributed by atoms with Gasteiger partial charge >= 0.3 is 0 Å². The fourth-order valence-corrected chi connectivity index (χ4v) is 2.88. The second-order valence-electron chi connectivity index (χ2n) is 4.86. The van der Waals surface area contributed by atoms with Gasteiger partial charge in [-0.3, -0.25) is 5.10 Å². The molecule has 0 bridgehead atoms. The topological polar surface area (TPSA) is 54.7 Å². The van der Waals surface area contributed by atoms with E-state index in [1.807, 2.05) is 30.3 Å². The third-order valence-corrected chi connectivity index (χ3v) is 3.76. The second kappa shape index (κ2) is 3.36. The molecule has 5 rings (SSSR count). The predicted octanol–water partition coefficient (Wildman–Crippen LogP) is 4.01. The molecular weight excluding hydrogens is 250 g/mol. The monoisotopic (exact) mass is 259 g/mol. The zero-order valence-corrected chi connectivity index (χ0v) is 10.4. The number of aromatic nitrogens is 3. The number of hydrogen-bond donors (Lipinski definition) is 1. The van der Waals surface area contributed by atoms with E-state index in [2.05, 4.69) is 22.3 Å². The molecule has 94 valence electrons. The Bertz CT molecular complexity index is 1100. The number of rotatable bonds is 0. The minimum absolute atomic E-state index is 0.801. The summed E-state index contributed by atoms with van der Waals surface area (Å²) in [5.41, 5.74) is 4.50. The van der Waals surface area contributed by atoms with Crippen LogP contribution in [0.5, 0.6) is 0 Å². The maximum atomic E-state index is 5.85. The fourth-order valence-electron chi connectivity index (χ4n) is 2.88. The Morgan fingerprint density at radius 1 is 0.900 bits per heavy atom. The first-order valence-corrected chi connectivity index (χ1v) is 6.45. The number of benzene rings is 2. The Labute approximate surface area is 113 Å². The van der Waals surface area contributed by atoms with Crippen molar-refractivity contribution >= 4 is 43.9 Å². The van der Waals surface area contributed by atoms with Crippen molar-refractivity contribution in [1.82, 2.24) is 15.2 Å². The van der Waals surface area contributed by atoms with E-state index in [-0.39, 0.29) is 0 Å². The molecule has 0 amide bonds. The summed E-state index contributed by atoms with van der Waals surface area (Å²) in [6.45, 7) is 0. The first-order chi connectivity index (χ1) is 9.92. The summed E-state index contributed by atoms with van der Waals surface area (Å²) in [6, 6.07) is 14.1. The average molecular weight is 259 g/mol. The van der Waals surface area contributed by atoms with Gasteiger partial charge in [0.15, 0.2) is 5.58 Å². The molecule has 5 aromatic rings. The van der Waals surface area contributed by atoms with E-state index in [0.29, 0.717) is 0 Å². The van der Waals surface area contributed by atoms with Crippen LogP contribution in [0.1, 0.15) is 0 Å². The van der Waals surface area contributed by atoms with Gasteiger partial charge in [-0.25, -0.2) is 4.98 Å². The van der Waals surface area contributed by atoms with Crippen molar-refractivity contribution in [3.8, 4) is 0 Å². The first-order valence-electron chi connectivity index (χ1n) is 6.45.